The van der Waals surface area contributed by atoms with Crippen molar-refractivity contribution in [3.63, 3.8) is 0 Å². The molecule has 0 saturated carbocycles. The molecule has 0 aromatic heterocycles. The van der Waals surface area contributed by atoms with Gasteiger partial charge in [0.15, 0.2) is 5.78 Å². The Morgan fingerprint density at radius 2 is 1.71 bits per heavy atom. The Labute approximate surface area is 105 Å². The summed E-state index contributed by atoms with van der Waals surface area (Å²) in [6.07, 6.45) is 0. The van der Waals surface area contributed by atoms with Gasteiger partial charge in [0, 0.05) is 17.0 Å². The molecule has 0 bridgehead atoms. The molecule has 84 valence electrons. The lowest BCUT2D eigenvalue weighted by atomic mass is 10.0. The maximum atomic E-state index is 12.2. The second-order valence-corrected chi connectivity index (χ2v) is 4.66. The second-order valence-electron chi connectivity index (χ2n) is 4.39. The van der Waals surface area contributed by atoms with E-state index in [0.29, 0.717) is 5.88 Å². The molecule has 1 aliphatic rings. The molecule has 0 unspecified atom stereocenters. The summed E-state index contributed by atoms with van der Waals surface area (Å²) in [5, 5.41) is 0. The lowest BCUT2D eigenvalue weighted by molar-refractivity contribution is 0.104. The molecule has 2 aromatic rings. The molecule has 0 heterocycles. The number of rotatable bonds is 1. The number of benzene rings is 2. The zero-order valence-electron chi connectivity index (χ0n) is 9.46. The van der Waals surface area contributed by atoms with E-state index < -0.39 is 0 Å². The summed E-state index contributed by atoms with van der Waals surface area (Å²) in [5.74, 6) is 0.553. The van der Waals surface area contributed by atoms with Gasteiger partial charge in [-0.1, -0.05) is 35.9 Å². The Hall–Kier alpha value is -1.60. The quantitative estimate of drug-likeness (QED) is 0.591. The summed E-state index contributed by atoms with van der Waals surface area (Å²) in [6.45, 7) is 2.04. The van der Waals surface area contributed by atoms with Gasteiger partial charge in [-0.25, -0.2) is 0 Å². The van der Waals surface area contributed by atoms with Crippen molar-refractivity contribution in [2.45, 2.75) is 12.8 Å². The third-order valence-electron chi connectivity index (χ3n) is 3.19. The van der Waals surface area contributed by atoms with Gasteiger partial charge in [0.05, 0.1) is 0 Å². The highest BCUT2D eigenvalue weighted by Crippen LogP contribution is 2.37. The van der Waals surface area contributed by atoms with Gasteiger partial charge >= 0.3 is 0 Å². The summed E-state index contributed by atoms with van der Waals surface area (Å²) >= 11 is 5.80. The van der Waals surface area contributed by atoms with Crippen molar-refractivity contribution in [2.24, 2.45) is 0 Å². The highest BCUT2D eigenvalue weighted by Gasteiger charge is 2.26. The van der Waals surface area contributed by atoms with Crippen LogP contribution in [0.2, 0.25) is 0 Å². The molecule has 0 saturated heterocycles. The van der Waals surface area contributed by atoms with Crippen LogP contribution in [0.3, 0.4) is 0 Å². The largest absolute Gasteiger partial charge is 0.289 e. The van der Waals surface area contributed by atoms with Crippen LogP contribution in [0.5, 0.6) is 0 Å². The third-order valence-corrected chi connectivity index (χ3v) is 3.50. The van der Waals surface area contributed by atoms with Gasteiger partial charge in [0.1, 0.15) is 0 Å². The van der Waals surface area contributed by atoms with E-state index in [0.717, 1.165) is 27.8 Å². The lowest BCUT2D eigenvalue weighted by Crippen LogP contribution is -1.95. The normalized spacial score (nSPS) is 12.5. The first-order chi connectivity index (χ1) is 8.20. The van der Waals surface area contributed by atoms with Crippen molar-refractivity contribution in [2.75, 3.05) is 0 Å². The summed E-state index contributed by atoms with van der Waals surface area (Å²) in [7, 11) is 0. The number of fused-ring (bicyclic) bond motifs is 3. The predicted molar refractivity (Wildman–Crippen MR) is 69.6 cm³/mol. The van der Waals surface area contributed by atoms with Gasteiger partial charge in [-0.15, -0.1) is 11.6 Å². The molecule has 0 fully saturated rings. The predicted octanol–water partition coefficient (Wildman–Crippen LogP) is 3.95. The van der Waals surface area contributed by atoms with Crippen LogP contribution < -0.4 is 0 Å². The lowest BCUT2D eigenvalue weighted by Gasteiger charge is -2.02. The van der Waals surface area contributed by atoms with Crippen molar-refractivity contribution >= 4 is 17.4 Å². The van der Waals surface area contributed by atoms with E-state index in [4.69, 9.17) is 11.6 Å². The summed E-state index contributed by atoms with van der Waals surface area (Å²) in [4.78, 5) is 12.2. The van der Waals surface area contributed by atoms with E-state index >= 15 is 0 Å². The first kappa shape index (κ1) is 10.5. The van der Waals surface area contributed by atoms with Gasteiger partial charge in [-0.3, -0.25) is 4.79 Å². The standard InChI is InChI=1S/C15H11ClO/c1-9-2-4-12-13(6-9)11-5-3-10(8-16)7-14(11)15(12)17/h2-7H,8H2,1H3. The van der Waals surface area contributed by atoms with Gasteiger partial charge < -0.3 is 0 Å². The number of ketones is 1. The monoisotopic (exact) mass is 242 g/mol. The molecular weight excluding hydrogens is 232 g/mol. The Bertz CT molecular complexity index is 629. The maximum absolute atomic E-state index is 12.2. The maximum Gasteiger partial charge on any atom is 0.194 e. The fourth-order valence-corrected chi connectivity index (χ4v) is 2.49. The number of hydrogen-bond donors (Lipinski definition) is 0. The molecule has 0 radical (unpaired) electrons. The topological polar surface area (TPSA) is 17.1 Å². The van der Waals surface area contributed by atoms with Crippen LogP contribution in [-0.4, -0.2) is 5.78 Å². The third kappa shape index (κ3) is 1.50. The van der Waals surface area contributed by atoms with E-state index in [1.54, 1.807) is 0 Å². The molecule has 0 aliphatic heterocycles. The van der Waals surface area contributed by atoms with Crippen LogP contribution in [0, 0.1) is 6.92 Å². The number of halogens is 1. The van der Waals surface area contributed by atoms with Gasteiger partial charge in [0.25, 0.3) is 0 Å². The smallest absolute Gasteiger partial charge is 0.194 e. The van der Waals surface area contributed by atoms with Gasteiger partial charge in [-0.05, 0) is 29.7 Å². The van der Waals surface area contributed by atoms with E-state index in [1.165, 1.54) is 5.56 Å². The fourth-order valence-electron chi connectivity index (χ4n) is 2.32. The summed E-state index contributed by atoms with van der Waals surface area (Å²) in [6, 6.07) is 11.8. The zero-order chi connectivity index (χ0) is 12.0. The Morgan fingerprint density at radius 1 is 0.941 bits per heavy atom. The van der Waals surface area contributed by atoms with Crippen LogP contribution in [0.4, 0.5) is 0 Å². The van der Waals surface area contributed by atoms with Crippen molar-refractivity contribution in [1.82, 2.24) is 0 Å². The molecule has 2 heteroatoms. The van der Waals surface area contributed by atoms with Crippen LogP contribution in [0.1, 0.15) is 27.0 Å². The highest BCUT2D eigenvalue weighted by molar-refractivity contribution is 6.22. The van der Waals surface area contributed by atoms with Crippen LogP contribution in [-0.2, 0) is 5.88 Å². The van der Waals surface area contributed by atoms with Crippen LogP contribution in [0.25, 0.3) is 11.1 Å². The highest BCUT2D eigenvalue weighted by atomic mass is 35.5. The van der Waals surface area contributed by atoms with E-state index in [9.17, 15) is 4.79 Å². The average Bonchev–Trinajstić information content (AvgIpc) is 2.62. The molecule has 1 nitrogen and oxygen atoms in total. The van der Waals surface area contributed by atoms with Crippen molar-refractivity contribution in [1.29, 1.82) is 0 Å². The molecule has 0 N–H and O–H groups in total. The first-order valence-corrected chi connectivity index (χ1v) is 6.09. The van der Waals surface area contributed by atoms with Crippen molar-refractivity contribution in [3.05, 3.63) is 58.7 Å². The SMILES string of the molecule is Cc1ccc2c(c1)-c1ccc(CCl)cc1C2=O. The Balaban J connectivity index is 2.28. The van der Waals surface area contributed by atoms with E-state index in [1.807, 2.05) is 37.3 Å². The minimum absolute atomic E-state index is 0.113. The number of carbonyl (C=O) groups is 1. The van der Waals surface area contributed by atoms with Crippen LogP contribution >= 0.6 is 11.6 Å². The minimum Gasteiger partial charge on any atom is -0.289 e. The van der Waals surface area contributed by atoms with Gasteiger partial charge in [0.2, 0.25) is 0 Å². The number of carbonyl (C=O) groups excluding carboxylic acids is 1. The van der Waals surface area contributed by atoms with E-state index in [2.05, 4.69) is 6.07 Å². The van der Waals surface area contributed by atoms with Crippen LogP contribution in [0.15, 0.2) is 36.4 Å². The summed E-state index contributed by atoms with van der Waals surface area (Å²) < 4.78 is 0. The molecule has 0 atom stereocenters. The van der Waals surface area contributed by atoms with Crippen molar-refractivity contribution in [3.8, 4) is 11.1 Å². The van der Waals surface area contributed by atoms with E-state index in [-0.39, 0.29) is 5.78 Å². The minimum atomic E-state index is 0.113. The van der Waals surface area contributed by atoms with Gasteiger partial charge in [-0.2, -0.15) is 0 Å². The molecule has 1 aliphatic carbocycles. The average molecular weight is 243 g/mol. The Kier molecular flexibility index (Phi) is 2.30. The number of aryl methyl sites for hydroxylation is 1. The Morgan fingerprint density at radius 3 is 2.47 bits per heavy atom. The second kappa shape index (κ2) is 3.71. The molecule has 0 spiro atoms. The molecule has 17 heavy (non-hydrogen) atoms. The summed E-state index contributed by atoms with van der Waals surface area (Å²) in [5.41, 5.74) is 5.82. The van der Waals surface area contributed by atoms with Crippen molar-refractivity contribution < 1.29 is 4.79 Å². The number of alkyl halides is 1. The fraction of sp³-hybridized carbons (Fsp3) is 0.133. The first-order valence-electron chi connectivity index (χ1n) is 5.55. The number of hydrogen-bond acceptors (Lipinski definition) is 1. The molecule has 3 rings (SSSR count). The molecule has 2 aromatic carbocycles. The molecule has 0 amide bonds. The molecular formula is C15H11ClO. The zero-order valence-corrected chi connectivity index (χ0v) is 10.2.